The zero-order chi connectivity index (χ0) is 18.7. The largest absolute Gasteiger partial charge is 0.376 e. The van der Waals surface area contributed by atoms with Gasteiger partial charge in [0, 0.05) is 12.7 Å². The van der Waals surface area contributed by atoms with E-state index in [1.807, 2.05) is 12.1 Å². The molecule has 0 saturated carbocycles. The van der Waals surface area contributed by atoms with Crippen LogP contribution in [0.3, 0.4) is 0 Å². The maximum atomic E-state index is 13.5. The average molecular weight is 355 g/mol. The van der Waals surface area contributed by atoms with Crippen LogP contribution in [-0.4, -0.2) is 30.3 Å². The third-order valence-corrected chi connectivity index (χ3v) is 4.87. The third kappa shape index (κ3) is 3.69. The predicted octanol–water partition coefficient (Wildman–Crippen LogP) is 2.87. The predicted molar refractivity (Wildman–Crippen MR) is 98.3 cm³/mol. The summed E-state index contributed by atoms with van der Waals surface area (Å²) in [4.78, 5) is 25.6. The molecule has 2 aromatic rings. The number of likely N-dealkylation sites (N-methyl/N-ethyl adjacent to an activating group) is 1. The second-order valence-corrected chi connectivity index (χ2v) is 6.52. The highest BCUT2D eigenvalue weighted by molar-refractivity contribution is 5.94. The first-order chi connectivity index (χ1) is 12.5. The number of anilines is 1. The van der Waals surface area contributed by atoms with Crippen LogP contribution in [0.2, 0.25) is 0 Å². The van der Waals surface area contributed by atoms with Crippen molar-refractivity contribution in [1.29, 1.82) is 0 Å². The number of nitrogens with two attached hydrogens (primary N) is 1. The van der Waals surface area contributed by atoms with Gasteiger partial charge in [-0.1, -0.05) is 24.3 Å². The Hall–Kier alpha value is -2.89. The molecule has 0 aromatic heterocycles. The third-order valence-electron chi connectivity index (χ3n) is 4.87. The zero-order valence-corrected chi connectivity index (χ0v) is 14.7. The molecule has 1 atom stereocenters. The molecule has 136 valence electrons. The molecule has 1 unspecified atom stereocenters. The van der Waals surface area contributed by atoms with E-state index in [1.165, 1.54) is 23.3 Å². The number of carbonyl (C=O) groups is 2. The van der Waals surface area contributed by atoms with E-state index in [-0.39, 0.29) is 24.1 Å². The molecular formula is C20H22FN3O2. The topological polar surface area (TPSA) is 75.4 Å². The number of hydrogen-bond acceptors (Lipinski definition) is 3. The van der Waals surface area contributed by atoms with Crippen LogP contribution in [0, 0.1) is 5.82 Å². The lowest BCUT2D eigenvalue weighted by molar-refractivity contribution is -0.130. The summed E-state index contributed by atoms with van der Waals surface area (Å²) < 4.78 is 13.5. The number of benzene rings is 2. The summed E-state index contributed by atoms with van der Waals surface area (Å²) in [6.45, 7) is 0.0546. The van der Waals surface area contributed by atoms with Gasteiger partial charge in [0.05, 0.1) is 18.2 Å². The van der Waals surface area contributed by atoms with E-state index in [4.69, 9.17) is 5.73 Å². The molecule has 5 nitrogen and oxygen atoms in total. The molecule has 0 heterocycles. The maximum Gasteiger partial charge on any atom is 0.251 e. The van der Waals surface area contributed by atoms with Crippen LogP contribution in [0.5, 0.6) is 0 Å². The minimum Gasteiger partial charge on any atom is -0.376 e. The molecule has 2 aromatic carbocycles. The van der Waals surface area contributed by atoms with Crippen LogP contribution >= 0.6 is 0 Å². The SMILES string of the molecule is CN(C(=O)CNc1ccc(F)c(C(N)=O)c1)C1CCCc2ccccc21. The van der Waals surface area contributed by atoms with E-state index in [0.717, 1.165) is 25.3 Å². The molecule has 3 rings (SSSR count). The Kier molecular flexibility index (Phi) is 5.21. The van der Waals surface area contributed by atoms with Gasteiger partial charge in [0.15, 0.2) is 0 Å². The van der Waals surface area contributed by atoms with E-state index >= 15 is 0 Å². The smallest absolute Gasteiger partial charge is 0.251 e. The van der Waals surface area contributed by atoms with Crippen LogP contribution < -0.4 is 11.1 Å². The van der Waals surface area contributed by atoms with Crippen molar-refractivity contribution in [3.63, 3.8) is 0 Å². The lowest BCUT2D eigenvalue weighted by atomic mass is 9.87. The number of aryl methyl sites for hydroxylation is 1. The van der Waals surface area contributed by atoms with Crippen LogP contribution in [-0.2, 0) is 11.2 Å². The van der Waals surface area contributed by atoms with Gasteiger partial charge in [0.1, 0.15) is 5.82 Å². The molecule has 3 N–H and O–H groups in total. The quantitative estimate of drug-likeness (QED) is 0.866. The van der Waals surface area contributed by atoms with Crippen LogP contribution in [0.15, 0.2) is 42.5 Å². The fourth-order valence-electron chi connectivity index (χ4n) is 3.43. The highest BCUT2D eigenvalue weighted by Gasteiger charge is 2.26. The molecule has 0 aliphatic heterocycles. The number of nitrogens with zero attached hydrogens (tertiary/aromatic N) is 1. The van der Waals surface area contributed by atoms with E-state index in [0.29, 0.717) is 5.69 Å². The number of hydrogen-bond donors (Lipinski definition) is 2. The Bertz CT molecular complexity index is 838. The van der Waals surface area contributed by atoms with Gasteiger partial charge in [-0.05, 0) is 48.6 Å². The highest BCUT2D eigenvalue weighted by Crippen LogP contribution is 2.33. The average Bonchev–Trinajstić information content (AvgIpc) is 2.65. The van der Waals surface area contributed by atoms with Crippen molar-refractivity contribution in [2.75, 3.05) is 18.9 Å². The van der Waals surface area contributed by atoms with Crippen molar-refractivity contribution < 1.29 is 14.0 Å². The van der Waals surface area contributed by atoms with E-state index in [2.05, 4.69) is 17.4 Å². The molecule has 0 fully saturated rings. The Morgan fingerprint density at radius 1 is 1.27 bits per heavy atom. The van der Waals surface area contributed by atoms with Crippen molar-refractivity contribution in [2.45, 2.75) is 25.3 Å². The van der Waals surface area contributed by atoms with Crippen LogP contribution in [0.4, 0.5) is 10.1 Å². The van der Waals surface area contributed by atoms with Crippen LogP contribution in [0.1, 0.15) is 40.4 Å². The monoisotopic (exact) mass is 355 g/mol. The lowest BCUT2D eigenvalue weighted by Crippen LogP contribution is -2.37. The molecule has 0 radical (unpaired) electrons. The molecule has 0 saturated heterocycles. The summed E-state index contributed by atoms with van der Waals surface area (Å²) in [7, 11) is 1.80. The fraction of sp³-hybridized carbons (Fsp3) is 0.300. The molecule has 1 aliphatic rings. The Balaban J connectivity index is 1.68. The van der Waals surface area contributed by atoms with E-state index in [1.54, 1.807) is 11.9 Å². The van der Waals surface area contributed by atoms with Crippen molar-refractivity contribution in [3.8, 4) is 0 Å². The standard InChI is InChI=1S/C20H22FN3O2/c1-24(18-8-4-6-13-5-2-3-7-15(13)18)19(25)12-23-14-9-10-17(21)16(11-14)20(22)26/h2-3,5,7,9-11,18,23H,4,6,8,12H2,1H3,(H2,22,26). The van der Waals surface area contributed by atoms with Gasteiger partial charge < -0.3 is 16.0 Å². The van der Waals surface area contributed by atoms with Gasteiger partial charge >= 0.3 is 0 Å². The molecule has 2 amide bonds. The van der Waals surface area contributed by atoms with Gasteiger partial charge in [-0.3, -0.25) is 9.59 Å². The zero-order valence-electron chi connectivity index (χ0n) is 14.7. The number of halogens is 1. The van der Waals surface area contributed by atoms with Crippen molar-refractivity contribution in [1.82, 2.24) is 4.90 Å². The molecule has 0 spiro atoms. The van der Waals surface area contributed by atoms with Crippen LogP contribution in [0.25, 0.3) is 0 Å². The number of fused-ring (bicyclic) bond motifs is 1. The minimum atomic E-state index is -0.839. The Morgan fingerprint density at radius 2 is 2.04 bits per heavy atom. The lowest BCUT2D eigenvalue weighted by Gasteiger charge is -2.33. The molecule has 1 aliphatic carbocycles. The van der Waals surface area contributed by atoms with Gasteiger partial charge in [0.2, 0.25) is 5.91 Å². The first-order valence-electron chi connectivity index (χ1n) is 8.64. The second-order valence-electron chi connectivity index (χ2n) is 6.52. The van der Waals surface area contributed by atoms with Gasteiger partial charge in [-0.25, -0.2) is 4.39 Å². The number of carbonyl (C=O) groups excluding carboxylic acids is 2. The molecular weight excluding hydrogens is 333 g/mol. The van der Waals surface area contributed by atoms with Gasteiger partial charge in [-0.2, -0.15) is 0 Å². The maximum absolute atomic E-state index is 13.5. The summed E-state index contributed by atoms with van der Waals surface area (Å²) in [6, 6.07) is 12.2. The first kappa shape index (κ1) is 17.9. The van der Waals surface area contributed by atoms with E-state index in [9.17, 15) is 14.0 Å². The highest BCUT2D eigenvalue weighted by atomic mass is 19.1. The Labute approximate surface area is 152 Å². The molecule has 26 heavy (non-hydrogen) atoms. The minimum absolute atomic E-state index is 0.0546. The number of primary amides is 1. The van der Waals surface area contributed by atoms with Crippen molar-refractivity contribution >= 4 is 17.5 Å². The number of rotatable bonds is 5. The second kappa shape index (κ2) is 7.56. The number of nitrogens with one attached hydrogen (secondary N) is 1. The Morgan fingerprint density at radius 3 is 2.81 bits per heavy atom. The van der Waals surface area contributed by atoms with E-state index < -0.39 is 11.7 Å². The summed E-state index contributed by atoms with van der Waals surface area (Å²) in [5, 5.41) is 2.95. The number of amides is 2. The van der Waals surface area contributed by atoms with Gasteiger partial charge in [0.25, 0.3) is 5.91 Å². The van der Waals surface area contributed by atoms with Crippen molar-refractivity contribution in [2.24, 2.45) is 5.73 Å². The normalized spacial score (nSPS) is 15.8. The summed E-state index contributed by atoms with van der Waals surface area (Å²) in [5.41, 5.74) is 7.92. The summed E-state index contributed by atoms with van der Waals surface area (Å²) in [6.07, 6.45) is 3.02. The summed E-state index contributed by atoms with van der Waals surface area (Å²) >= 11 is 0. The van der Waals surface area contributed by atoms with Gasteiger partial charge in [-0.15, -0.1) is 0 Å². The summed E-state index contributed by atoms with van der Waals surface area (Å²) in [5.74, 6) is -1.59. The first-order valence-corrected chi connectivity index (χ1v) is 8.64. The fourth-order valence-corrected chi connectivity index (χ4v) is 3.43. The van der Waals surface area contributed by atoms with Crippen molar-refractivity contribution in [3.05, 3.63) is 65.0 Å². The molecule has 0 bridgehead atoms. The molecule has 6 heteroatoms.